The fraction of sp³-hybridized carbons (Fsp3) is 0. The van der Waals surface area contributed by atoms with Crippen molar-refractivity contribution in [2.24, 2.45) is 0 Å². The highest BCUT2D eigenvalue weighted by Crippen LogP contribution is 2.37. The van der Waals surface area contributed by atoms with Gasteiger partial charge in [0.1, 0.15) is 11.2 Å². The van der Waals surface area contributed by atoms with Gasteiger partial charge in [0, 0.05) is 38.1 Å². The van der Waals surface area contributed by atoms with Crippen molar-refractivity contribution in [1.29, 1.82) is 0 Å². The van der Waals surface area contributed by atoms with E-state index in [2.05, 4.69) is 77.8 Å². The van der Waals surface area contributed by atoms with E-state index in [1.807, 2.05) is 12.1 Å². The topological polar surface area (TPSA) is 28.9 Å². The van der Waals surface area contributed by atoms with Crippen LogP contribution in [0.3, 0.4) is 0 Å². The number of fused-ring (bicyclic) bond motifs is 6. The number of nitrogens with one attached hydrogen (secondary N) is 1. The molecule has 0 amide bonds. The zero-order chi connectivity index (χ0) is 17.1. The minimum atomic E-state index is 0.933. The molecule has 122 valence electrons. The molecule has 0 bridgehead atoms. The lowest BCUT2D eigenvalue weighted by Gasteiger charge is -2.03. The summed E-state index contributed by atoms with van der Waals surface area (Å²) in [7, 11) is 0. The smallest absolute Gasteiger partial charge is 0.143 e. The molecule has 6 aromatic rings. The number of H-pyrrole nitrogens is 1. The van der Waals surface area contributed by atoms with E-state index in [1.165, 1.54) is 21.9 Å². The first-order valence-corrected chi connectivity index (χ1v) is 8.79. The van der Waals surface area contributed by atoms with Crippen LogP contribution in [0.15, 0.2) is 89.3 Å². The van der Waals surface area contributed by atoms with Crippen LogP contribution >= 0.6 is 0 Å². The molecule has 0 aliphatic rings. The first-order chi connectivity index (χ1) is 12.9. The largest absolute Gasteiger partial charge is 0.455 e. The maximum atomic E-state index is 6.21. The number of hydrogen-bond donors (Lipinski definition) is 1. The Kier molecular flexibility index (Phi) is 2.64. The molecule has 0 fully saturated rings. The molecule has 26 heavy (non-hydrogen) atoms. The highest BCUT2D eigenvalue weighted by atomic mass is 16.3. The fourth-order valence-corrected chi connectivity index (χ4v) is 3.99. The van der Waals surface area contributed by atoms with Gasteiger partial charge in [-0.15, -0.1) is 0 Å². The summed E-state index contributed by atoms with van der Waals surface area (Å²) in [6.07, 6.45) is 0. The van der Waals surface area contributed by atoms with Crippen LogP contribution in [0.5, 0.6) is 0 Å². The van der Waals surface area contributed by atoms with Crippen LogP contribution in [0.25, 0.3) is 54.9 Å². The van der Waals surface area contributed by atoms with Crippen LogP contribution in [0, 0.1) is 0 Å². The molecule has 0 aliphatic heterocycles. The van der Waals surface area contributed by atoms with E-state index in [9.17, 15) is 0 Å². The normalized spacial score (nSPS) is 11.8. The van der Waals surface area contributed by atoms with Crippen molar-refractivity contribution in [3.8, 4) is 11.1 Å². The van der Waals surface area contributed by atoms with Gasteiger partial charge >= 0.3 is 0 Å². The second kappa shape index (κ2) is 4.99. The first-order valence-electron chi connectivity index (χ1n) is 8.79. The maximum Gasteiger partial charge on any atom is 0.143 e. The molecular formula is C24H15NO. The molecule has 0 saturated heterocycles. The van der Waals surface area contributed by atoms with Crippen molar-refractivity contribution in [2.45, 2.75) is 0 Å². The molecular weight excluding hydrogens is 318 g/mol. The Labute approximate surface area is 149 Å². The van der Waals surface area contributed by atoms with Gasteiger partial charge in [-0.1, -0.05) is 60.7 Å². The highest BCUT2D eigenvalue weighted by Gasteiger charge is 2.13. The summed E-state index contributed by atoms with van der Waals surface area (Å²) in [6.45, 7) is 0. The van der Waals surface area contributed by atoms with Crippen LogP contribution in [-0.2, 0) is 0 Å². The van der Waals surface area contributed by atoms with E-state index >= 15 is 0 Å². The van der Waals surface area contributed by atoms with Crippen LogP contribution in [-0.4, -0.2) is 4.98 Å². The van der Waals surface area contributed by atoms with E-state index in [0.29, 0.717) is 0 Å². The summed E-state index contributed by atoms with van der Waals surface area (Å²) in [5.74, 6) is 0. The molecule has 2 nitrogen and oxygen atoms in total. The average molecular weight is 333 g/mol. The van der Waals surface area contributed by atoms with Gasteiger partial charge < -0.3 is 9.40 Å². The predicted molar refractivity (Wildman–Crippen MR) is 109 cm³/mol. The van der Waals surface area contributed by atoms with Gasteiger partial charge in [-0.25, -0.2) is 0 Å². The molecule has 6 rings (SSSR count). The number of rotatable bonds is 1. The van der Waals surface area contributed by atoms with Crippen molar-refractivity contribution >= 4 is 43.7 Å². The molecule has 0 atom stereocenters. The van der Waals surface area contributed by atoms with Gasteiger partial charge in [-0.3, -0.25) is 0 Å². The van der Waals surface area contributed by atoms with Crippen LogP contribution in [0.2, 0.25) is 0 Å². The summed E-state index contributed by atoms with van der Waals surface area (Å²) in [5.41, 5.74) is 6.52. The summed E-state index contributed by atoms with van der Waals surface area (Å²) in [4.78, 5) is 3.49. The number of hydrogen-bond acceptors (Lipinski definition) is 1. The summed E-state index contributed by atoms with van der Waals surface area (Å²) >= 11 is 0. The number of aromatic nitrogens is 1. The van der Waals surface area contributed by atoms with Gasteiger partial charge in [0.25, 0.3) is 0 Å². The van der Waals surface area contributed by atoms with E-state index in [1.54, 1.807) is 0 Å². The van der Waals surface area contributed by atoms with Gasteiger partial charge in [0.15, 0.2) is 0 Å². The lowest BCUT2D eigenvalue weighted by Crippen LogP contribution is -1.79. The summed E-state index contributed by atoms with van der Waals surface area (Å²) in [5, 5.41) is 4.82. The molecule has 0 unspecified atom stereocenters. The lowest BCUT2D eigenvalue weighted by molar-refractivity contribution is 0.670. The zero-order valence-corrected chi connectivity index (χ0v) is 14.0. The van der Waals surface area contributed by atoms with E-state index in [4.69, 9.17) is 4.42 Å². The standard InChI is InChI=1S/C24H15NO/c1-3-10-21-17(6-1)20-14-15(12-13-22(20)25-21)16-8-5-9-19-18-7-2-4-11-23(18)26-24(16)19/h1-14,25H. The van der Waals surface area contributed by atoms with E-state index in [0.717, 1.165) is 33.0 Å². The van der Waals surface area contributed by atoms with Gasteiger partial charge in [0.2, 0.25) is 0 Å². The third-order valence-electron chi connectivity index (χ3n) is 5.22. The molecule has 0 spiro atoms. The Morgan fingerprint density at radius 3 is 2.31 bits per heavy atom. The number of aromatic amines is 1. The van der Waals surface area contributed by atoms with Gasteiger partial charge in [0.05, 0.1) is 0 Å². The first kappa shape index (κ1) is 13.7. The second-order valence-corrected chi connectivity index (χ2v) is 6.71. The molecule has 4 aromatic carbocycles. The average Bonchev–Trinajstić information content (AvgIpc) is 3.25. The SMILES string of the molecule is c1ccc2c(c1)[nH]c1ccc(-c3cccc4c3oc3ccccc34)cc12. The third-order valence-corrected chi connectivity index (χ3v) is 5.22. The molecule has 2 heteroatoms. The Hall–Kier alpha value is -3.52. The third kappa shape index (κ3) is 1.81. The van der Waals surface area contributed by atoms with Crippen molar-refractivity contribution in [3.05, 3.63) is 84.9 Å². The van der Waals surface area contributed by atoms with Crippen molar-refractivity contribution < 1.29 is 4.42 Å². The van der Waals surface area contributed by atoms with Crippen LogP contribution < -0.4 is 0 Å². The Morgan fingerprint density at radius 1 is 0.577 bits per heavy atom. The van der Waals surface area contributed by atoms with Gasteiger partial charge in [-0.05, 0) is 29.8 Å². The lowest BCUT2D eigenvalue weighted by atomic mass is 10.0. The Bertz CT molecular complexity index is 1430. The van der Waals surface area contributed by atoms with Gasteiger partial charge in [-0.2, -0.15) is 0 Å². The molecule has 0 radical (unpaired) electrons. The summed E-state index contributed by atoms with van der Waals surface area (Å²) in [6, 6.07) is 29.6. The van der Waals surface area contributed by atoms with Crippen molar-refractivity contribution in [3.63, 3.8) is 0 Å². The number of benzene rings is 4. The van der Waals surface area contributed by atoms with Crippen LogP contribution in [0.1, 0.15) is 0 Å². The number of para-hydroxylation sites is 3. The van der Waals surface area contributed by atoms with E-state index in [-0.39, 0.29) is 0 Å². The zero-order valence-electron chi connectivity index (χ0n) is 14.0. The fourth-order valence-electron chi connectivity index (χ4n) is 3.99. The van der Waals surface area contributed by atoms with Crippen LogP contribution in [0.4, 0.5) is 0 Å². The molecule has 0 saturated carbocycles. The highest BCUT2D eigenvalue weighted by molar-refractivity contribution is 6.12. The minimum absolute atomic E-state index is 0.933. The summed E-state index contributed by atoms with van der Waals surface area (Å²) < 4.78 is 6.21. The quantitative estimate of drug-likeness (QED) is 0.349. The number of furan rings is 1. The van der Waals surface area contributed by atoms with E-state index < -0.39 is 0 Å². The Morgan fingerprint density at radius 2 is 1.35 bits per heavy atom. The van der Waals surface area contributed by atoms with Crippen molar-refractivity contribution in [2.75, 3.05) is 0 Å². The molecule has 0 aliphatic carbocycles. The van der Waals surface area contributed by atoms with Crippen molar-refractivity contribution in [1.82, 2.24) is 4.98 Å². The minimum Gasteiger partial charge on any atom is -0.455 e. The monoisotopic (exact) mass is 333 g/mol. The molecule has 2 heterocycles. The Balaban J connectivity index is 1.68. The molecule has 2 aromatic heterocycles. The predicted octanol–water partition coefficient (Wildman–Crippen LogP) is 6.89. The second-order valence-electron chi connectivity index (χ2n) is 6.71. The molecule has 1 N–H and O–H groups in total. The maximum absolute atomic E-state index is 6.21.